The van der Waals surface area contributed by atoms with E-state index in [4.69, 9.17) is 26.4 Å². The van der Waals surface area contributed by atoms with Crippen molar-refractivity contribution in [2.75, 3.05) is 40.5 Å². The summed E-state index contributed by atoms with van der Waals surface area (Å²) in [5.41, 5.74) is 12.5. The van der Waals surface area contributed by atoms with E-state index >= 15 is 8.78 Å². The van der Waals surface area contributed by atoms with Gasteiger partial charge in [0.2, 0.25) is 5.95 Å². The molecule has 11 rings (SSSR count). The average Bonchev–Trinajstić information content (AvgIpc) is 4.08. The summed E-state index contributed by atoms with van der Waals surface area (Å²) in [4.78, 5) is 24.4. The van der Waals surface area contributed by atoms with Crippen LogP contribution >= 0.6 is 22.7 Å². The highest BCUT2D eigenvalue weighted by atomic mass is 32.2. The molecule has 3 fully saturated rings. The third-order valence-corrected chi connectivity index (χ3v) is 18.9. The predicted octanol–water partition coefficient (Wildman–Crippen LogP) is 9.35. The maximum atomic E-state index is 16.7. The Morgan fingerprint density at radius 2 is 1.17 bits per heavy atom. The molecule has 2 saturated heterocycles. The van der Waals surface area contributed by atoms with Crippen LogP contribution in [0.5, 0.6) is 0 Å². The lowest BCUT2D eigenvalue weighted by Gasteiger charge is -2.30. The molecule has 0 amide bonds. The number of piperidine rings is 2. The fourth-order valence-corrected chi connectivity index (χ4v) is 14.4. The number of nitrogens with one attached hydrogen (secondary N) is 3. The quantitative estimate of drug-likeness (QED) is 0.0506. The minimum Gasteiger partial charge on any atom is -0.368 e. The van der Waals surface area contributed by atoms with Crippen molar-refractivity contribution in [3.05, 3.63) is 142 Å². The minimum absolute atomic E-state index is 0.0517. The van der Waals surface area contributed by atoms with Crippen LogP contribution in [-0.2, 0) is 20.0 Å². The molecule has 0 bridgehead atoms. The molecule has 398 valence electrons. The lowest BCUT2D eigenvalue weighted by atomic mass is 9.97. The van der Waals surface area contributed by atoms with Gasteiger partial charge in [0.1, 0.15) is 39.2 Å². The Morgan fingerprint density at radius 3 is 1.68 bits per heavy atom. The van der Waals surface area contributed by atoms with E-state index in [9.17, 15) is 34.4 Å². The van der Waals surface area contributed by atoms with Gasteiger partial charge in [0.15, 0.2) is 17.3 Å². The minimum atomic E-state index is -4.79. The van der Waals surface area contributed by atoms with E-state index in [0.29, 0.717) is 75.8 Å². The van der Waals surface area contributed by atoms with E-state index < -0.39 is 76.1 Å². The maximum absolute atomic E-state index is 16.7. The molecular formula is C51H45F6N12O4S4+. The summed E-state index contributed by atoms with van der Waals surface area (Å²) in [6.07, 6.45) is 7.91. The van der Waals surface area contributed by atoms with Crippen molar-refractivity contribution in [3.8, 4) is 43.7 Å². The summed E-state index contributed by atoms with van der Waals surface area (Å²) in [7, 11) is -9.57. The highest BCUT2D eigenvalue weighted by molar-refractivity contribution is 7.93. The van der Waals surface area contributed by atoms with Crippen LogP contribution in [-0.4, -0.2) is 72.3 Å². The summed E-state index contributed by atoms with van der Waals surface area (Å²) >= 11 is 2.59. The second-order valence-corrected chi connectivity index (χ2v) is 24.1. The predicted molar refractivity (Wildman–Crippen MR) is 278 cm³/mol. The number of sulfonamides is 2. The summed E-state index contributed by atoms with van der Waals surface area (Å²) in [6, 6.07) is 15.8. The van der Waals surface area contributed by atoms with Gasteiger partial charge in [-0.1, -0.05) is 17.1 Å². The average molecular weight is 1130 g/mol. The zero-order chi connectivity index (χ0) is 53.9. The third-order valence-electron chi connectivity index (χ3n) is 13.7. The smallest absolute Gasteiger partial charge is 0.368 e. The molecule has 0 radical (unpaired) electrons. The monoisotopic (exact) mass is 1130 g/mol. The number of nitrogens with zero attached hydrogens (tertiary/aromatic N) is 7. The van der Waals surface area contributed by atoms with Crippen LogP contribution < -0.4 is 30.8 Å². The summed E-state index contributed by atoms with van der Waals surface area (Å²) < 4.78 is 149. The molecule has 7 N–H and O–H groups in total. The van der Waals surface area contributed by atoms with Crippen molar-refractivity contribution in [2.45, 2.75) is 72.4 Å². The first kappa shape index (κ1) is 52.0. The fraction of sp³-hybridized carbons (Fsp3) is 0.255. The Kier molecular flexibility index (Phi) is 14.0. The van der Waals surface area contributed by atoms with Crippen LogP contribution in [0.2, 0.25) is 0 Å². The zero-order valence-corrected chi connectivity index (χ0v) is 43.5. The van der Waals surface area contributed by atoms with Gasteiger partial charge >= 0.3 is 5.95 Å². The molecule has 1 saturated carbocycles. The number of hydrogen-bond donors (Lipinski definition) is 5. The van der Waals surface area contributed by atoms with Gasteiger partial charge in [0.05, 0.1) is 54.4 Å². The molecule has 16 nitrogen and oxygen atoms in total. The van der Waals surface area contributed by atoms with E-state index in [0.717, 1.165) is 49.1 Å². The number of likely N-dealkylation sites (tertiary alicyclic amines) is 1. The van der Waals surface area contributed by atoms with Crippen molar-refractivity contribution in [3.63, 3.8) is 0 Å². The Balaban J connectivity index is 0.865. The van der Waals surface area contributed by atoms with Crippen LogP contribution in [0.15, 0.2) is 107 Å². The van der Waals surface area contributed by atoms with Crippen LogP contribution in [0, 0.1) is 34.9 Å². The Hall–Kier alpha value is -7.10. The highest BCUT2D eigenvalue weighted by Gasteiger charge is 2.36. The molecule has 8 aromatic rings. The standard InChI is InChI=1S/C51H44F6N12O4S4/c52-28-8-12-33(54)39(23-28)76(70,71)66-35-5-1-3-31(42(35)56)44-46(37-15-19-60-50(58)62-37)75-49(65-44)27-7-14-41(61-25-27)69-22-18-38(63-51(69)59)47-45(64-48(74-47)26-16-20-68(21-17-26)30-10-11-30)32-4-2-6-36(43(32)57)67-77(72,73)40-24-29(53)9-13-34(40)55/h1-6,8-9,12-13,15,18-19,22-24,26-27,30,41,59,61,66-67H,7,10-11,14,16-17,20-21,25H2,(H2,58,60,62)/p+1. The molecule has 2 aliphatic heterocycles. The molecule has 4 aromatic heterocycles. The van der Waals surface area contributed by atoms with Gasteiger partial charge in [-0.25, -0.2) is 67.7 Å². The second-order valence-electron chi connectivity index (χ2n) is 18.8. The van der Waals surface area contributed by atoms with Gasteiger partial charge in [0, 0.05) is 47.8 Å². The molecule has 4 aromatic carbocycles. The number of nitrogen functional groups attached to an aromatic ring is 2. The van der Waals surface area contributed by atoms with Gasteiger partial charge in [-0.2, -0.15) is 0 Å². The zero-order valence-electron chi connectivity index (χ0n) is 40.2. The Morgan fingerprint density at radius 1 is 0.623 bits per heavy atom. The molecule has 2 unspecified atom stereocenters. The van der Waals surface area contributed by atoms with Gasteiger partial charge in [-0.15, -0.1) is 22.7 Å². The fourth-order valence-electron chi connectivity index (χ4n) is 9.66. The molecule has 2 atom stereocenters. The number of anilines is 4. The van der Waals surface area contributed by atoms with Gasteiger partial charge in [-0.3, -0.25) is 20.5 Å². The van der Waals surface area contributed by atoms with E-state index in [1.807, 2.05) is 4.72 Å². The van der Waals surface area contributed by atoms with Crippen LogP contribution in [0.3, 0.4) is 0 Å². The number of rotatable bonds is 14. The Bertz CT molecular complexity index is 3830. The van der Waals surface area contributed by atoms with Crippen molar-refractivity contribution >= 4 is 66.0 Å². The van der Waals surface area contributed by atoms with Crippen LogP contribution in [0.25, 0.3) is 43.7 Å². The summed E-state index contributed by atoms with van der Waals surface area (Å²) in [5, 5.41) is 4.86. The maximum Gasteiger partial charge on any atom is 0.391 e. The number of thiazole rings is 2. The van der Waals surface area contributed by atoms with E-state index in [-0.39, 0.29) is 52.4 Å². The highest BCUT2D eigenvalue weighted by Crippen LogP contribution is 2.45. The van der Waals surface area contributed by atoms with Gasteiger partial charge < -0.3 is 10.6 Å². The molecule has 6 heterocycles. The number of halogens is 6. The van der Waals surface area contributed by atoms with Crippen LogP contribution in [0.1, 0.15) is 66.5 Å². The topological polar surface area (TPSA) is 228 Å². The summed E-state index contributed by atoms with van der Waals surface area (Å²) in [5.74, 6) is -6.58. The van der Waals surface area contributed by atoms with Gasteiger partial charge in [-0.05, 0) is 118 Å². The molecular weight excluding hydrogens is 1090 g/mol. The number of aromatic nitrogens is 6. The van der Waals surface area contributed by atoms with E-state index in [1.54, 1.807) is 22.9 Å². The first-order valence-corrected chi connectivity index (χ1v) is 28.8. The van der Waals surface area contributed by atoms with Gasteiger partial charge in [0.25, 0.3) is 20.0 Å². The second kappa shape index (κ2) is 20.7. The number of hydrogen-bond acceptors (Lipinski definition) is 15. The Labute approximate surface area is 445 Å². The summed E-state index contributed by atoms with van der Waals surface area (Å²) in [6.45, 7) is 2.14. The van der Waals surface area contributed by atoms with Crippen molar-refractivity contribution in [1.29, 1.82) is 0 Å². The lowest BCUT2D eigenvalue weighted by Crippen LogP contribution is -2.52. The first-order chi connectivity index (χ1) is 36.9. The van der Waals surface area contributed by atoms with Crippen molar-refractivity contribution in [1.82, 2.24) is 35.1 Å². The van der Waals surface area contributed by atoms with E-state index in [1.165, 1.54) is 72.0 Å². The SMILES string of the molecule is Nc1nccc(-c2sc(C3CCC([n+]4ccc(-c5sc(C6CCN(C7CC7)CC6)nc5-c5cccc(NS(=O)(=O)c6cc(F)ccc6F)c5F)nc4N)NC3)nc2-c2cccc(NS(=O)(=O)c3cc(F)ccc3F)c2F)n1. The lowest BCUT2D eigenvalue weighted by molar-refractivity contribution is -0.719. The molecule has 26 heteroatoms. The largest absolute Gasteiger partial charge is 0.391 e. The third kappa shape index (κ3) is 10.6. The number of benzene rings is 4. The molecule has 77 heavy (non-hydrogen) atoms. The molecule has 1 aliphatic carbocycles. The van der Waals surface area contributed by atoms with Crippen molar-refractivity contribution in [2.24, 2.45) is 0 Å². The normalized spacial score (nSPS) is 17.6. The molecule has 3 aliphatic rings. The molecule has 0 spiro atoms. The number of nitrogens with two attached hydrogens (primary N) is 2. The van der Waals surface area contributed by atoms with Crippen molar-refractivity contribution < 1.29 is 47.7 Å². The first-order valence-electron chi connectivity index (χ1n) is 24.2. The van der Waals surface area contributed by atoms with Crippen LogP contribution in [0.4, 0.5) is 49.6 Å². The van der Waals surface area contributed by atoms with E-state index in [2.05, 4.69) is 24.9 Å².